The van der Waals surface area contributed by atoms with Crippen molar-refractivity contribution in [1.82, 2.24) is 0 Å². The number of hydrogen-bond donors (Lipinski definition) is 0. The van der Waals surface area contributed by atoms with Crippen molar-refractivity contribution in [2.45, 2.75) is 48.2 Å². The van der Waals surface area contributed by atoms with Crippen LogP contribution < -0.4 is 0 Å². The van der Waals surface area contributed by atoms with Gasteiger partial charge in [0.1, 0.15) is 0 Å². The van der Waals surface area contributed by atoms with E-state index in [-0.39, 0.29) is 14.7 Å². The third-order valence-corrected chi connectivity index (χ3v) is 8.92. The van der Waals surface area contributed by atoms with Crippen LogP contribution in [0.25, 0.3) is 0 Å². The molecular weight excluding hydrogens is 171 g/mol. The first-order chi connectivity index (χ1) is 4.30. The topological polar surface area (TPSA) is 0 Å². The zero-order valence-corrected chi connectivity index (χ0v) is 8.44. The molecule has 9 heavy (non-hydrogen) atoms. The first-order valence-corrected chi connectivity index (χ1v) is 7.78. The van der Waals surface area contributed by atoms with Crippen LogP contribution in [-0.4, -0.2) is 14.7 Å². The predicted molar refractivity (Wildman–Crippen MR) is 44.3 cm³/mol. The van der Waals surface area contributed by atoms with Gasteiger partial charge in [0.2, 0.25) is 0 Å². The molecule has 1 fully saturated rings. The molecular formula is C8H17As. The Hall–Kier alpha value is 0.558. The van der Waals surface area contributed by atoms with Crippen molar-refractivity contribution in [3.8, 4) is 0 Å². The average Bonchev–Trinajstić information content (AvgIpc) is 1.90. The molecule has 0 aromatic carbocycles. The van der Waals surface area contributed by atoms with Crippen LogP contribution in [0, 0.1) is 0 Å². The third kappa shape index (κ3) is 2.33. The van der Waals surface area contributed by atoms with Gasteiger partial charge in [0, 0.05) is 0 Å². The van der Waals surface area contributed by atoms with Crippen LogP contribution >= 0.6 is 0 Å². The summed E-state index contributed by atoms with van der Waals surface area (Å²) >= 11 is -0.262. The molecule has 1 aliphatic rings. The molecule has 0 unspecified atom stereocenters. The van der Waals surface area contributed by atoms with E-state index < -0.39 is 0 Å². The van der Waals surface area contributed by atoms with Crippen molar-refractivity contribution in [2.24, 2.45) is 0 Å². The fourth-order valence-electron chi connectivity index (χ4n) is 1.43. The number of hydrogen-bond acceptors (Lipinski definition) is 0. The SMILES string of the molecule is CC(C)[As]1CCCCC1. The second-order valence-corrected chi connectivity index (χ2v) is 9.70. The fourth-order valence-corrected chi connectivity index (χ4v) is 6.71. The molecule has 1 heterocycles. The molecule has 0 aliphatic carbocycles. The summed E-state index contributed by atoms with van der Waals surface area (Å²) in [6, 6.07) is 0. The van der Waals surface area contributed by atoms with Gasteiger partial charge in [-0.05, 0) is 0 Å². The van der Waals surface area contributed by atoms with Gasteiger partial charge >= 0.3 is 62.9 Å². The average molecular weight is 188 g/mol. The van der Waals surface area contributed by atoms with Gasteiger partial charge < -0.3 is 0 Å². The van der Waals surface area contributed by atoms with E-state index in [4.69, 9.17) is 0 Å². The fraction of sp³-hybridized carbons (Fsp3) is 1.00. The van der Waals surface area contributed by atoms with E-state index in [1.807, 2.05) is 0 Å². The Balaban J connectivity index is 2.23. The normalized spacial score (nSPS) is 23.0. The van der Waals surface area contributed by atoms with Crippen LogP contribution in [-0.2, 0) is 0 Å². The third-order valence-electron chi connectivity index (χ3n) is 2.12. The van der Waals surface area contributed by atoms with Crippen LogP contribution in [0.4, 0.5) is 0 Å². The Kier molecular flexibility index (Phi) is 3.12. The molecule has 0 aromatic rings. The molecule has 0 atom stereocenters. The monoisotopic (exact) mass is 188 g/mol. The Morgan fingerprint density at radius 2 is 1.56 bits per heavy atom. The molecule has 0 amide bonds. The predicted octanol–water partition coefficient (Wildman–Crippen LogP) is 3.08. The van der Waals surface area contributed by atoms with Gasteiger partial charge in [-0.1, -0.05) is 0 Å². The molecule has 0 spiro atoms. The maximum atomic E-state index is 2.42. The Labute approximate surface area is 63.3 Å². The quantitative estimate of drug-likeness (QED) is 0.555. The van der Waals surface area contributed by atoms with Gasteiger partial charge in [0.25, 0.3) is 0 Å². The van der Waals surface area contributed by atoms with Crippen LogP contribution in [0.3, 0.4) is 0 Å². The zero-order chi connectivity index (χ0) is 6.69. The van der Waals surface area contributed by atoms with Crippen LogP contribution in [0.5, 0.6) is 0 Å². The van der Waals surface area contributed by atoms with Gasteiger partial charge in [-0.2, -0.15) is 0 Å². The van der Waals surface area contributed by atoms with E-state index in [1.165, 1.54) is 6.42 Å². The zero-order valence-electron chi connectivity index (χ0n) is 6.56. The molecule has 0 bridgehead atoms. The van der Waals surface area contributed by atoms with Crippen molar-refractivity contribution in [3.63, 3.8) is 0 Å². The molecule has 1 aliphatic heterocycles. The van der Waals surface area contributed by atoms with Crippen LogP contribution in [0.15, 0.2) is 0 Å². The standard InChI is InChI=1S/C8H17As/c1-8(2)9-6-4-3-5-7-9/h8H,3-7H2,1-2H3. The van der Waals surface area contributed by atoms with Crippen molar-refractivity contribution >= 4 is 14.7 Å². The van der Waals surface area contributed by atoms with E-state index in [0.29, 0.717) is 0 Å². The molecule has 1 saturated heterocycles. The van der Waals surface area contributed by atoms with Gasteiger partial charge in [0.05, 0.1) is 0 Å². The summed E-state index contributed by atoms with van der Waals surface area (Å²) in [7, 11) is 0. The van der Waals surface area contributed by atoms with Crippen molar-refractivity contribution in [2.75, 3.05) is 0 Å². The molecule has 0 N–H and O–H groups in total. The Morgan fingerprint density at radius 1 is 1.00 bits per heavy atom. The van der Waals surface area contributed by atoms with E-state index in [1.54, 1.807) is 23.3 Å². The molecule has 1 rings (SSSR count). The van der Waals surface area contributed by atoms with Gasteiger partial charge in [-0.3, -0.25) is 0 Å². The van der Waals surface area contributed by atoms with E-state index in [9.17, 15) is 0 Å². The van der Waals surface area contributed by atoms with E-state index >= 15 is 0 Å². The summed E-state index contributed by atoms with van der Waals surface area (Å²) in [5, 5.41) is 3.29. The number of rotatable bonds is 1. The van der Waals surface area contributed by atoms with E-state index in [2.05, 4.69) is 13.8 Å². The molecule has 1 heteroatoms. The van der Waals surface area contributed by atoms with E-state index in [0.717, 1.165) is 4.71 Å². The summed E-state index contributed by atoms with van der Waals surface area (Å²) in [5.74, 6) is 0. The Morgan fingerprint density at radius 3 is 1.89 bits per heavy atom. The summed E-state index contributed by atoms with van der Waals surface area (Å²) in [6.07, 6.45) is 4.63. The van der Waals surface area contributed by atoms with Crippen LogP contribution in [0.2, 0.25) is 15.1 Å². The van der Waals surface area contributed by atoms with Crippen molar-refractivity contribution in [1.29, 1.82) is 0 Å². The molecule has 0 saturated carbocycles. The van der Waals surface area contributed by atoms with Crippen LogP contribution in [0.1, 0.15) is 33.1 Å². The summed E-state index contributed by atoms with van der Waals surface area (Å²) in [4.78, 5) is 0. The Bertz CT molecular complexity index is 72.6. The summed E-state index contributed by atoms with van der Waals surface area (Å²) in [5.41, 5.74) is 0. The minimum absolute atomic E-state index is 0.262. The summed E-state index contributed by atoms with van der Waals surface area (Å²) in [6.45, 7) is 4.84. The first-order valence-electron chi connectivity index (χ1n) is 4.05. The van der Waals surface area contributed by atoms with Gasteiger partial charge in [0.15, 0.2) is 0 Å². The maximum absolute atomic E-state index is 2.42. The molecule has 0 aromatic heterocycles. The van der Waals surface area contributed by atoms with Gasteiger partial charge in [-0.15, -0.1) is 0 Å². The molecule has 54 valence electrons. The van der Waals surface area contributed by atoms with Crippen molar-refractivity contribution < 1.29 is 0 Å². The molecule has 0 radical (unpaired) electrons. The second kappa shape index (κ2) is 3.66. The van der Waals surface area contributed by atoms with Crippen molar-refractivity contribution in [3.05, 3.63) is 0 Å². The minimum atomic E-state index is -0.262. The molecule has 0 nitrogen and oxygen atoms in total. The second-order valence-electron chi connectivity index (χ2n) is 3.19. The summed E-state index contributed by atoms with van der Waals surface area (Å²) < 4.78 is 1.08. The first kappa shape index (κ1) is 7.66. The van der Waals surface area contributed by atoms with Gasteiger partial charge in [-0.25, -0.2) is 0 Å².